The van der Waals surface area contributed by atoms with Crippen LogP contribution in [-0.2, 0) is 11.3 Å². The van der Waals surface area contributed by atoms with Gasteiger partial charge in [0.15, 0.2) is 11.4 Å². The minimum atomic E-state index is -1.34. The molecule has 0 aliphatic rings. The molecule has 0 bridgehead atoms. The molecule has 1 aromatic carbocycles. The van der Waals surface area contributed by atoms with E-state index < -0.39 is 17.4 Å². The van der Waals surface area contributed by atoms with Gasteiger partial charge in [-0.25, -0.2) is 9.78 Å². The predicted molar refractivity (Wildman–Crippen MR) is 106 cm³/mol. The molecular formula is C18H17IN2O5. The van der Waals surface area contributed by atoms with Crippen LogP contribution in [0.1, 0.15) is 16.1 Å². The summed E-state index contributed by atoms with van der Waals surface area (Å²) < 4.78 is 6.02. The number of benzene rings is 1. The fourth-order valence-electron chi connectivity index (χ4n) is 2.40. The molecule has 136 valence electrons. The van der Waals surface area contributed by atoms with Crippen LogP contribution in [0.15, 0.2) is 47.3 Å². The molecule has 7 nitrogen and oxygen atoms in total. The molecule has 0 fully saturated rings. The lowest BCUT2D eigenvalue weighted by molar-refractivity contribution is 0.0687. The molecule has 0 spiro atoms. The van der Waals surface area contributed by atoms with E-state index in [1.165, 1.54) is 10.6 Å². The van der Waals surface area contributed by atoms with Crippen molar-refractivity contribution in [3.05, 3.63) is 67.8 Å². The van der Waals surface area contributed by atoms with Gasteiger partial charge in [-0.3, -0.25) is 4.79 Å². The second-order valence-corrected chi connectivity index (χ2v) is 6.34. The van der Waals surface area contributed by atoms with Crippen LogP contribution in [0.3, 0.4) is 0 Å². The Morgan fingerprint density at radius 3 is 2.38 bits per heavy atom. The van der Waals surface area contributed by atoms with Crippen molar-refractivity contribution in [2.24, 2.45) is 0 Å². The van der Waals surface area contributed by atoms with E-state index in [2.05, 4.69) is 9.72 Å². The number of ether oxygens (including phenoxy) is 1. The standard InChI is InChI=1S/C16H11IN2O4.C2H6O/c17-15-10-6-7-11(20)19(8-9-4-2-1-3-5-9)13(10)14(21)12(18-15)16(22)23;1-3-2/h1-7,21H,8H2,(H,22,23);1-2H3. The molecule has 2 aromatic heterocycles. The molecule has 0 unspecified atom stereocenters. The van der Waals surface area contributed by atoms with E-state index in [1.807, 2.05) is 52.9 Å². The number of carboxylic acids is 1. The van der Waals surface area contributed by atoms with Gasteiger partial charge in [-0.2, -0.15) is 0 Å². The van der Waals surface area contributed by atoms with Crippen molar-refractivity contribution in [1.29, 1.82) is 0 Å². The first-order valence-electron chi connectivity index (χ1n) is 7.50. The molecule has 3 aromatic rings. The molecule has 0 aliphatic carbocycles. The molecule has 0 amide bonds. The first-order chi connectivity index (χ1) is 12.4. The summed E-state index contributed by atoms with van der Waals surface area (Å²) in [6.45, 7) is 0.226. The summed E-state index contributed by atoms with van der Waals surface area (Å²) in [5.74, 6) is -1.84. The third-order valence-corrected chi connectivity index (χ3v) is 4.27. The van der Waals surface area contributed by atoms with Crippen molar-refractivity contribution in [3.8, 4) is 5.75 Å². The van der Waals surface area contributed by atoms with Crippen LogP contribution in [0.25, 0.3) is 10.9 Å². The Kier molecular flexibility index (Phi) is 6.70. The maximum atomic E-state index is 12.3. The quantitative estimate of drug-likeness (QED) is 0.453. The lowest BCUT2D eigenvalue weighted by Crippen LogP contribution is -2.21. The molecule has 0 atom stereocenters. The minimum absolute atomic E-state index is 0.179. The van der Waals surface area contributed by atoms with Crippen LogP contribution in [-0.4, -0.2) is 40.0 Å². The van der Waals surface area contributed by atoms with Crippen molar-refractivity contribution in [1.82, 2.24) is 9.55 Å². The Balaban J connectivity index is 0.000000758. The molecule has 0 radical (unpaired) electrons. The number of aromatic nitrogens is 2. The van der Waals surface area contributed by atoms with Crippen molar-refractivity contribution in [2.45, 2.75) is 6.54 Å². The van der Waals surface area contributed by atoms with Crippen molar-refractivity contribution in [2.75, 3.05) is 14.2 Å². The topological polar surface area (TPSA) is 102 Å². The maximum absolute atomic E-state index is 12.3. The number of aromatic hydroxyl groups is 1. The van der Waals surface area contributed by atoms with Crippen molar-refractivity contribution >= 4 is 39.5 Å². The van der Waals surface area contributed by atoms with Crippen LogP contribution in [0.5, 0.6) is 5.75 Å². The van der Waals surface area contributed by atoms with Gasteiger partial charge in [-0.05, 0) is 34.2 Å². The summed E-state index contributed by atoms with van der Waals surface area (Å²) in [5, 5.41) is 20.0. The zero-order valence-corrected chi connectivity index (χ0v) is 16.3. The number of fused-ring (bicyclic) bond motifs is 1. The normalized spacial score (nSPS) is 10.3. The molecular weight excluding hydrogens is 451 g/mol. The minimum Gasteiger partial charge on any atom is -0.504 e. The number of methoxy groups -OCH3 is 1. The summed E-state index contributed by atoms with van der Waals surface area (Å²) in [6.07, 6.45) is 0. The van der Waals surface area contributed by atoms with Gasteiger partial charge in [0.25, 0.3) is 5.56 Å². The number of carboxylic acid groups (broad SMARTS) is 1. The summed E-state index contributed by atoms with van der Waals surface area (Å²) in [6, 6.07) is 12.2. The second kappa shape index (κ2) is 8.77. The number of nitrogens with zero attached hydrogens (tertiary/aromatic N) is 2. The Morgan fingerprint density at radius 1 is 1.19 bits per heavy atom. The van der Waals surface area contributed by atoms with E-state index >= 15 is 0 Å². The number of hydrogen-bond acceptors (Lipinski definition) is 5. The summed E-state index contributed by atoms with van der Waals surface area (Å²) >= 11 is 1.89. The molecule has 26 heavy (non-hydrogen) atoms. The monoisotopic (exact) mass is 468 g/mol. The first kappa shape index (κ1) is 19.9. The lowest BCUT2D eigenvalue weighted by Gasteiger charge is -2.13. The largest absolute Gasteiger partial charge is 0.504 e. The van der Waals surface area contributed by atoms with Crippen LogP contribution >= 0.6 is 22.6 Å². The number of rotatable bonds is 3. The van der Waals surface area contributed by atoms with Gasteiger partial charge in [0.1, 0.15) is 3.70 Å². The summed E-state index contributed by atoms with van der Waals surface area (Å²) in [7, 11) is 3.25. The number of aromatic carboxylic acids is 1. The van der Waals surface area contributed by atoms with Crippen molar-refractivity contribution in [3.63, 3.8) is 0 Å². The highest BCUT2D eigenvalue weighted by atomic mass is 127. The van der Waals surface area contributed by atoms with Crippen LogP contribution in [0.4, 0.5) is 0 Å². The molecule has 2 N–H and O–H groups in total. The van der Waals surface area contributed by atoms with Gasteiger partial charge in [-0.15, -0.1) is 0 Å². The van der Waals surface area contributed by atoms with E-state index in [0.29, 0.717) is 9.09 Å². The van der Waals surface area contributed by atoms with E-state index in [0.717, 1.165) is 5.56 Å². The zero-order valence-electron chi connectivity index (χ0n) is 14.1. The fraction of sp³-hybridized carbons (Fsp3) is 0.167. The van der Waals surface area contributed by atoms with Gasteiger partial charge >= 0.3 is 5.97 Å². The van der Waals surface area contributed by atoms with E-state index in [9.17, 15) is 19.8 Å². The highest BCUT2D eigenvalue weighted by molar-refractivity contribution is 14.1. The predicted octanol–water partition coefficient (Wildman–Crippen LogP) is 2.72. The first-order valence-corrected chi connectivity index (χ1v) is 8.58. The van der Waals surface area contributed by atoms with Crippen LogP contribution in [0, 0.1) is 3.70 Å². The number of halogens is 1. The van der Waals surface area contributed by atoms with Gasteiger partial charge in [0.05, 0.1) is 12.1 Å². The summed E-state index contributed by atoms with van der Waals surface area (Å²) in [4.78, 5) is 27.4. The number of pyridine rings is 2. The Bertz CT molecular complexity index is 986. The van der Waals surface area contributed by atoms with Crippen LogP contribution < -0.4 is 5.56 Å². The molecule has 0 saturated heterocycles. The zero-order chi connectivity index (χ0) is 19.3. The molecule has 0 saturated carbocycles. The highest BCUT2D eigenvalue weighted by Gasteiger charge is 2.20. The molecule has 3 rings (SSSR count). The SMILES string of the molecule is COC.O=C(O)c1nc(I)c2ccc(=O)n(Cc3ccccc3)c2c1O. The third-order valence-electron chi connectivity index (χ3n) is 3.45. The average Bonchev–Trinajstić information content (AvgIpc) is 2.61. The summed E-state index contributed by atoms with van der Waals surface area (Å²) in [5.41, 5.74) is 0.257. The maximum Gasteiger partial charge on any atom is 0.358 e. The number of hydrogen-bond donors (Lipinski definition) is 2. The highest BCUT2D eigenvalue weighted by Crippen LogP contribution is 2.29. The average molecular weight is 468 g/mol. The van der Waals surface area contributed by atoms with Crippen molar-refractivity contribution < 1.29 is 19.7 Å². The number of carbonyl (C=O) groups is 1. The second-order valence-electron chi connectivity index (χ2n) is 5.32. The molecule has 2 heterocycles. The Morgan fingerprint density at radius 2 is 1.81 bits per heavy atom. The van der Waals surface area contributed by atoms with E-state index in [4.69, 9.17) is 0 Å². The van der Waals surface area contributed by atoms with E-state index in [1.54, 1.807) is 20.3 Å². The van der Waals surface area contributed by atoms with Gasteiger partial charge in [0.2, 0.25) is 0 Å². The third kappa shape index (κ3) is 4.20. The molecule has 8 heteroatoms. The molecule has 0 aliphatic heterocycles. The van der Waals surface area contributed by atoms with Crippen LogP contribution in [0.2, 0.25) is 0 Å². The van der Waals surface area contributed by atoms with Gasteiger partial charge in [-0.1, -0.05) is 30.3 Å². The van der Waals surface area contributed by atoms with Gasteiger partial charge < -0.3 is 19.5 Å². The Hall–Kier alpha value is -2.46. The lowest BCUT2D eigenvalue weighted by atomic mass is 10.1. The Labute approximate surface area is 163 Å². The fourth-order valence-corrected chi connectivity index (χ4v) is 3.07. The van der Waals surface area contributed by atoms with E-state index in [-0.39, 0.29) is 17.6 Å². The van der Waals surface area contributed by atoms with Gasteiger partial charge in [0, 0.05) is 25.7 Å². The smallest absolute Gasteiger partial charge is 0.358 e.